The highest BCUT2D eigenvalue weighted by Crippen LogP contribution is 2.33. The second kappa shape index (κ2) is 7.95. The summed E-state index contributed by atoms with van der Waals surface area (Å²) in [5.74, 6) is 1.17. The lowest BCUT2D eigenvalue weighted by Crippen LogP contribution is -2.13. The van der Waals surface area contributed by atoms with Gasteiger partial charge in [0, 0.05) is 16.5 Å². The van der Waals surface area contributed by atoms with Gasteiger partial charge in [0.25, 0.3) is 5.91 Å². The smallest absolute Gasteiger partial charge is 0.257 e. The molecule has 0 aliphatic heterocycles. The van der Waals surface area contributed by atoms with E-state index in [9.17, 15) is 4.79 Å². The average molecular weight is 418 g/mol. The number of thiazole rings is 1. The van der Waals surface area contributed by atoms with Crippen molar-refractivity contribution in [3.05, 3.63) is 75.9 Å². The summed E-state index contributed by atoms with van der Waals surface area (Å²) in [6.45, 7) is 2.66. The number of nitrogens with zero attached hydrogens (tertiary/aromatic N) is 1. The third kappa shape index (κ3) is 3.59. The quantitative estimate of drug-likeness (QED) is 0.445. The summed E-state index contributed by atoms with van der Waals surface area (Å²) in [5.41, 5.74) is 7.53. The van der Waals surface area contributed by atoms with Crippen LogP contribution in [-0.2, 0) is 19.4 Å². The van der Waals surface area contributed by atoms with E-state index in [0.29, 0.717) is 29.5 Å². The van der Waals surface area contributed by atoms with Crippen LogP contribution in [0.4, 0.5) is 5.69 Å². The lowest BCUT2D eigenvalue weighted by molar-refractivity contribution is 0.102. The van der Waals surface area contributed by atoms with Gasteiger partial charge in [-0.2, -0.15) is 0 Å². The second-order valence-electron chi connectivity index (χ2n) is 7.88. The maximum absolute atomic E-state index is 13.2. The Morgan fingerprint density at radius 2 is 2.17 bits per heavy atom. The van der Waals surface area contributed by atoms with Crippen molar-refractivity contribution >= 4 is 33.8 Å². The number of carbonyl (C=O) groups excluding carboxylic acids is 1. The van der Waals surface area contributed by atoms with Gasteiger partial charge in [-0.05, 0) is 48.9 Å². The van der Waals surface area contributed by atoms with Crippen LogP contribution < -0.4 is 10.1 Å². The van der Waals surface area contributed by atoms with Crippen molar-refractivity contribution in [3.63, 3.8) is 0 Å². The third-order valence-corrected chi connectivity index (χ3v) is 6.34. The maximum atomic E-state index is 13.2. The van der Waals surface area contributed by atoms with E-state index < -0.39 is 0 Å². The van der Waals surface area contributed by atoms with Gasteiger partial charge in [0.05, 0.1) is 28.0 Å². The van der Waals surface area contributed by atoms with Crippen molar-refractivity contribution in [2.45, 2.75) is 32.8 Å². The molecule has 0 fully saturated rings. The van der Waals surface area contributed by atoms with Gasteiger partial charge in [0.1, 0.15) is 12.4 Å². The second-order valence-corrected chi connectivity index (χ2v) is 8.60. The van der Waals surface area contributed by atoms with E-state index >= 15 is 0 Å². The van der Waals surface area contributed by atoms with Crippen molar-refractivity contribution < 1.29 is 9.53 Å². The van der Waals surface area contributed by atoms with Gasteiger partial charge in [-0.3, -0.25) is 4.79 Å². The summed E-state index contributed by atoms with van der Waals surface area (Å²) in [5, 5.41) is 6.15. The Morgan fingerprint density at radius 3 is 3.03 bits per heavy atom. The third-order valence-electron chi connectivity index (χ3n) is 5.71. The first-order valence-electron chi connectivity index (χ1n) is 10.2. The van der Waals surface area contributed by atoms with E-state index in [0.717, 1.165) is 29.4 Å². The molecule has 1 amide bonds. The van der Waals surface area contributed by atoms with E-state index in [1.807, 2.05) is 41.8 Å². The summed E-state index contributed by atoms with van der Waals surface area (Å²) < 4.78 is 5.91. The van der Waals surface area contributed by atoms with Crippen LogP contribution in [0.15, 0.2) is 53.4 Å². The molecule has 2 N–H and O–H groups in total. The molecule has 2 aromatic carbocycles. The van der Waals surface area contributed by atoms with Gasteiger partial charge >= 0.3 is 0 Å². The molecule has 5 rings (SSSR count). The number of fused-ring (bicyclic) bond motifs is 3. The Morgan fingerprint density at radius 1 is 1.27 bits per heavy atom. The molecule has 5 nitrogen and oxygen atoms in total. The summed E-state index contributed by atoms with van der Waals surface area (Å²) in [7, 11) is 0. The number of carbonyl (C=O) groups is 1. The van der Waals surface area contributed by atoms with Crippen molar-refractivity contribution in [2.75, 3.05) is 5.32 Å². The number of aromatic nitrogens is 2. The monoisotopic (exact) mass is 417 g/mol. The molecule has 0 bridgehead atoms. The largest absolute Gasteiger partial charge is 0.485 e. The maximum Gasteiger partial charge on any atom is 0.257 e. The topological polar surface area (TPSA) is 67.0 Å². The minimum atomic E-state index is -0.142. The van der Waals surface area contributed by atoms with E-state index in [1.54, 1.807) is 5.51 Å². The van der Waals surface area contributed by atoms with Crippen LogP contribution in [-0.4, -0.2) is 15.9 Å². The van der Waals surface area contributed by atoms with Crippen LogP contribution in [0.25, 0.3) is 10.9 Å². The van der Waals surface area contributed by atoms with Gasteiger partial charge in [0.15, 0.2) is 0 Å². The first-order chi connectivity index (χ1) is 14.7. The zero-order chi connectivity index (χ0) is 20.5. The molecule has 2 heterocycles. The van der Waals surface area contributed by atoms with Crippen LogP contribution >= 0.6 is 11.3 Å². The Bertz CT molecular complexity index is 1200. The molecule has 30 heavy (non-hydrogen) atoms. The zero-order valence-electron chi connectivity index (χ0n) is 16.8. The number of ether oxygens (including phenoxy) is 1. The number of rotatable bonds is 5. The molecule has 1 atom stereocenters. The molecule has 2 aromatic heterocycles. The lowest BCUT2D eigenvalue weighted by atomic mass is 9.87. The van der Waals surface area contributed by atoms with E-state index in [1.165, 1.54) is 29.0 Å². The summed E-state index contributed by atoms with van der Waals surface area (Å²) in [6.07, 6.45) is 3.29. The Labute approximate surface area is 179 Å². The van der Waals surface area contributed by atoms with Crippen LogP contribution in [0.5, 0.6) is 5.75 Å². The van der Waals surface area contributed by atoms with Gasteiger partial charge in [0.2, 0.25) is 0 Å². The number of H-pyrrole nitrogens is 1. The van der Waals surface area contributed by atoms with E-state index in [4.69, 9.17) is 4.74 Å². The SMILES string of the molecule is CC1CCc2[nH]c3c(C(=O)Nc4ccccc4OCc4cscn4)cccc3c2C1. The van der Waals surface area contributed by atoms with E-state index in [-0.39, 0.29) is 5.91 Å². The van der Waals surface area contributed by atoms with Crippen molar-refractivity contribution in [1.29, 1.82) is 0 Å². The number of amides is 1. The molecule has 4 aromatic rings. The Balaban J connectivity index is 1.42. The molecule has 1 aliphatic carbocycles. The summed E-state index contributed by atoms with van der Waals surface area (Å²) in [4.78, 5) is 21.0. The highest BCUT2D eigenvalue weighted by Gasteiger charge is 2.22. The molecule has 1 unspecified atom stereocenters. The fraction of sp³-hybridized carbons (Fsp3) is 0.250. The van der Waals surface area contributed by atoms with Crippen LogP contribution in [0.1, 0.15) is 40.7 Å². The molecule has 6 heteroatoms. The number of anilines is 1. The number of benzene rings is 2. The first kappa shape index (κ1) is 18.9. The molecular formula is C24H23N3O2S. The van der Waals surface area contributed by atoms with Gasteiger partial charge in [-0.1, -0.05) is 31.2 Å². The van der Waals surface area contributed by atoms with Crippen molar-refractivity contribution in [3.8, 4) is 5.75 Å². The standard InChI is InChI=1S/C24H23N3O2S/c1-15-9-10-20-19(11-15)17-5-4-6-18(23(17)26-20)24(28)27-21-7-2-3-8-22(21)29-12-16-13-30-14-25-16/h2-8,13-15,26H,9-12H2,1H3,(H,27,28). The Kier molecular flexibility index (Phi) is 5.01. The number of hydrogen-bond acceptors (Lipinski definition) is 4. The van der Waals surface area contributed by atoms with Gasteiger partial charge in [-0.25, -0.2) is 4.98 Å². The van der Waals surface area contributed by atoms with Gasteiger partial charge in [-0.15, -0.1) is 11.3 Å². The van der Waals surface area contributed by atoms with Crippen LogP contribution in [0.2, 0.25) is 0 Å². The molecular weight excluding hydrogens is 394 g/mol. The Hall–Kier alpha value is -3.12. The number of aryl methyl sites for hydroxylation is 1. The lowest BCUT2D eigenvalue weighted by Gasteiger charge is -2.17. The molecule has 0 spiro atoms. The van der Waals surface area contributed by atoms with Crippen LogP contribution in [0, 0.1) is 5.92 Å². The van der Waals surface area contributed by atoms with E-state index in [2.05, 4.69) is 28.3 Å². The zero-order valence-corrected chi connectivity index (χ0v) is 17.6. The summed E-state index contributed by atoms with van der Waals surface area (Å²) in [6, 6.07) is 13.5. The fourth-order valence-corrected chi connectivity index (χ4v) is 4.69. The number of nitrogens with one attached hydrogen (secondary N) is 2. The predicted molar refractivity (Wildman–Crippen MR) is 120 cm³/mol. The minimum Gasteiger partial charge on any atom is -0.485 e. The molecule has 1 aliphatic rings. The van der Waals surface area contributed by atoms with Crippen molar-refractivity contribution in [1.82, 2.24) is 9.97 Å². The average Bonchev–Trinajstić information content (AvgIpc) is 3.40. The van der Waals surface area contributed by atoms with Crippen molar-refractivity contribution in [2.24, 2.45) is 5.92 Å². The predicted octanol–water partition coefficient (Wildman–Crippen LogP) is 5.58. The molecule has 0 saturated heterocycles. The summed E-state index contributed by atoms with van der Waals surface area (Å²) >= 11 is 1.53. The normalized spacial score (nSPS) is 15.7. The number of aromatic amines is 1. The molecule has 0 saturated carbocycles. The fourth-order valence-electron chi connectivity index (χ4n) is 4.15. The first-order valence-corrected chi connectivity index (χ1v) is 11.2. The highest BCUT2D eigenvalue weighted by molar-refractivity contribution is 7.07. The number of para-hydroxylation sites is 3. The number of hydrogen-bond donors (Lipinski definition) is 2. The van der Waals surface area contributed by atoms with Gasteiger partial charge < -0.3 is 15.0 Å². The molecule has 152 valence electrons. The highest BCUT2D eigenvalue weighted by atomic mass is 32.1. The molecule has 0 radical (unpaired) electrons. The minimum absolute atomic E-state index is 0.142. The van der Waals surface area contributed by atoms with Crippen LogP contribution in [0.3, 0.4) is 0 Å².